The van der Waals surface area contributed by atoms with Crippen LogP contribution in [0.15, 0.2) is 121 Å². The van der Waals surface area contributed by atoms with Crippen molar-refractivity contribution < 1.29 is 4.74 Å². The Bertz CT molecular complexity index is 2160. The first-order chi connectivity index (χ1) is 21.5. The molecule has 5 aromatic carbocycles. The van der Waals surface area contributed by atoms with Crippen molar-refractivity contribution in [3.05, 3.63) is 138 Å². The van der Waals surface area contributed by atoms with Crippen molar-refractivity contribution in [3.8, 4) is 22.8 Å². The molecule has 7 aromatic rings. The van der Waals surface area contributed by atoms with Crippen LogP contribution in [0.3, 0.4) is 0 Å². The van der Waals surface area contributed by atoms with Crippen molar-refractivity contribution in [3.63, 3.8) is 0 Å². The molecule has 8 rings (SSSR count). The number of anilines is 4. The minimum absolute atomic E-state index is 0.724. The van der Waals surface area contributed by atoms with E-state index in [1.807, 2.05) is 30.5 Å². The molecule has 44 heavy (non-hydrogen) atoms. The molecule has 0 N–H and O–H groups in total. The Hall–Kier alpha value is -5.13. The minimum atomic E-state index is 0.724. The fraction of sp³-hybridized carbons (Fsp3) is 0.103. The lowest BCUT2D eigenvalue weighted by Crippen LogP contribution is -2.25. The van der Waals surface area contributed by atoms with Gasteiger partial charge in [-0.15, -0.1) is 11.3 Å². The summed E-state index contributed by atoms with van der Waals surface area (Å²) in [7, 11) is 0. The zero-order valence-corrected chi connectivity index (χ0v) is 25.7. The second-order valence-corrected chi connectivity index (χ2v) is 12.6. The van der Waals surface area contributed by atoms with Gasteiger partial charge in [0.05, 0.1) is 17.1 Å². The fourth-order valence-corrected chi connectivity index (χ4v) is 7.81. The van der Waals surface area contributed by atoms with Crippen LogP contribution in [0.5, 0.6) is 11.5 Å². The number of rotatable bonds is 5. The summed E-state index contributed by atoms with van der Waals surface area (Å²) in [6, 6.07) is 40.6. The van der Waals surface area contributed by atoms with Crippen LogP contribution in [0.1, 0.15) is 16.7 Å². The molecule has 0 radical (unpaired) electrons. The highest BCUT2D eigenvalue weighted by Gasteiger charge is 2.29. The van der Waals surface area contributed by atoms with Crippen LogP contribution in [0.25, 0.3) is 31.4 Å². The molecular weight excluding hydrogens is 559 g/mol. The van der Waals surface area contributed by atoms with E-state index in [4.69, 9.17) is 4.74 Å². The topological polar surface area (TPSA) is 28.6 Å². The van der Waals surface area contributed by atoms with Crippen LogP contribution >= 0.6 is 11.3 Å². The first-order valence-electron chi connectivity index (χ1n) is 14.9. The number of para-hydroxylation sites is 2. The van der Waals surface area contributed by atoms with Gasteiger partial charge in [-0.05, 0) is 86.5 Å². The second-order valence-electron chi connectivity index (χ2n) is 11.5. The number of hydrogen-bond acceptors (Lipinski definition) is 5. The summed E-state index contributed by atoms with van der Waals surface area (Å²) in [6.07, 6.45) is 1.84. The van der Waals surface area contributed by atoms with Gasteiger partial charge in [-0.3, -0.25) is 4.98 Å². The highest BCUT2D eigenvalue weighted by atomic mass is 32.1. The second kappa shape index (κ2) is 10.5. The summed E-state index contributed by atoms with van der Waals surface area (Å²) in [5.41, 5.74) is 10.6. The molecule has 214 valence electrons. The van der Waals surface area contributed by atoms with E-state index in [9.17, 15) is 0 Å². The summed E-state index contributed by atoms with van der Waals surface area (Å²) in [5.74, 6) is 1.64. The number of pyridine rings is 1. The number of fused-ring (bicyclic) bond motifs is 4. The summed E-state index contributed by atoms with van der Waals surface area (Å²) in [5, 5.41) is 2.35. The number of hydrogen-bond donors (Lipinski definition) is 0. The summed E-state index contributed by atoms with van der Waals surface area (Å²) < 4.78 is 9.24. The SMILES string of the molecule is Cc1cc(C)c(N2CN(c3cccc(Oc4cc(-c5ccccn5)cc5sc6ccccc6c45)c3)c3ccccc32)c(C)c1. The van der Waals surface area contributed by atoms with Crippen molar-refractivity contribution in [2.24, 2.45) is 0 Å². The minimum Gasteiger partial charge on any atom is -0.457 e. The van der Waals surface area contributed by atoms with Gasteiger partial charge in [-0.2, -0.15) is 0 Å². The van der Waals surface area contributed by atoms with Gasteiger partial charge in [-0.1, -0.05) is 60.2 Å². The van der Waals surface area contributed by atoms with Crippen LogP contribution in [0.2, 0.25) is 0 Å². The molecule has 0 fully saturated rings. The lowest BCUT2D eigenvalue weighted by molar-refractivity contribution is 0.489. The molecule has 4 nitrogen and oxygen atoms in total. The molecule has 0 atom stereocenters. The van der Waals surface area contributed by atoms with E-state index in [-0.39, 0.29) is 0 Å². The van der Waals surface area contributed by atoms with Crippen LogP contribution in [-0.2, 0) is 0 Å². The molecule has 0 amide bonds. The Balaban J connectivity index is 1.21. The summed E-state index contributed by atoms with van der Waals surface area (Å²) in [4.78, 5) is 9.44. The Kier molecular flexibility index (Phi) is 6.35. The normalized spacial score (nSPS) is 12.7. The molecule has 0 saturated heterocycles. The Morgan fingerprint density at radius 3 is 2.23 bits per heavy atom. The lowest BCUT2D eigenvalue weighted by atomic mass is 10.0. The zero-order valence-electron chi connectivity index (χ0n) is 24.9. The standard InChI is InChI=1S/C39H31N3OS/c1-25-19-26(2)39(27(3)20-25)42-24-41(33-15-5-6-16-34(33)42)29-11-10-12-30(23-29)43-35-21-28(32-14-8-9-18-40-32)22-37-38(35)31-13-4-7-17-36(31)44-37/h4-23H,24H2,1-3H3. The maximum absolute atomic E-state index is 6.81. The van der Waals surface area contributed by atoms with Gasteiger partial charge in [0.25, 0.3) is 0 Å². The highest BCUT2D eigenvalue weighted by Crippen LogP contribution is 2.47. The first kappa shape index (κ1) is 26.5. The van der Waals surface area contributed by atoms with Crippen molar-refractivity contribution in [2.75, 3.05) is 16.5 Å². The van der Waals surface area contributed by atoms with Crippen molar-refractivity contribution >= 4 is 54.3 Å². The van der Waals surface area contributed by atoms with Gasteiger partial charge in [0, 0.05) is 49.4 Å². The van der Waals surface area contributed by atoms with E-state index in [0.29, 0.717) is 0 Å². The average Bonchev–Trinajstić information content (AvgIpc) is 3.60. The number of thiophene rings is 1. The largest absolute Gasteiger partial charge is 0.457 e. The zero-order chi connectivity index (χ0) is 29.8. The van der Waals surface area contributed by atoms with E-state index in [1.165, 1.54) is 48.5 Å². The molecule has 2 aromatic heterocycles. The van der Waals surface area contributed by atoms with Gasteiger partial charge >= 0.3 is 0 Å². The highest BCUT2D eigenvalue weighted by molar-refractivity contribution is 7.25. The lowest BCUT2D eigenvalue weighted by Gasteiger charge is -2.25. The smallest absolute Gasteiger partial charge is 0.137 e. The molecule has 1 aliphatic rings. The number of benzene rings is 5. The van der Waals surface area contributed by atoms with Crippen LogP contribution in [0.4, 0.5) is 22.7 Å². The Morgan fingerprint density at radius 1 is 0.682 bits per heavy atom. The summed E-state index contributed by atoms with van der Waals surface area (Å²) >= 11 is 1.79. The van der Waals surface area contributed by atoms with E-state index in [1.54, 1.807) is 11.3 Å². The summed E-state index contributed by atoms with van der Waals surface area (Å²) in [6.45, 7) is 7.31. The van der Waals surface area contributed by atoms with Gasteiger partial charge in [-0.25, -0.2) is 0 Å². The molecule has 1 aliphatic heterocycles. The van der Waals surface area contributed by atoms with Gasteiger partial charge in [0.15, 0.2) is 0 Å². The Labute approximate surface area is 261 Å². The predicted molar refractivity (Wildman–Crippen MR) is 185 cm³/mol. The number of aromatic nitrogens is 1. The molecule has 0 spiro atoms. The molecule has 0 bridgehead atoms. The van der Waals surface area contributed by atoms with Crippen LogP contribution < -0.4 is 14.5 Å². The predicted octanol–water partition coefficient (Wildman–Crippen LogP) is 11.1. The molecule has 0 saturated carbocycles. The van der Waals surface area contributed by atoms with Crippen molar-refractivity contribution in [1.29, 1.82) is 0 Å². The van der Waals surface area contributed by atoms with Gasteiger partial charge in [0.2, 0.25) is 0 Å². The van der Waals surface area contributed by atoms with E-state index < -0.39 is 0 Å². The third kappa shape index (κ3) is 4.48. The molecular formula is C39H31N3OS. The molecule has 0 aliphatic carbocycles. The fourth-order valence-electron chi connectivity index (χ4n) is 6.64. The molecule has 0 unspecified atom stereocenters. The monoisotopic (exact) mass is 589 g/mol. The van der Waals surface area contributed by atoms with Gasteiger partial charge in [0.1, 0.15) is 18.2 Å². The number of aryl methyl sites for hydroxylation is 3. The van der Waals surface area contributed by atoms with E-state index in [2.05, 4.69) is 127 Å². The molecule has 5 heteroatoms. The van der Waals surface area contributed by atoms with Crippen LogP contribution in [0, 0.1) is 20.8 Å². The average molecular weight is 590 g/mol. The van der Waals surface area contributed by atoms with E-state index in [0.717, 1.165) is 40.5 Å². The third-order valence-corrected chi connectivity index (χ3v) is 9.53. The maximum atomic E-state index is 6.81. The quantitative estimate of drug-likeness (QED) is 0.200. The van der Waals surface area contributed by atoms with Crippen molar-refractivity contribution in [1.82, 2.24) is 4.98 Å². The van der Waals surface area contributed by atoms with Crippen LogP contribution in [-0.4, -0.2) is 11.7 Å². The number of nitrogens with zero attached hydrogens (tertiary/aromatic N) is 3. The van der Waals surface area contributed by atoms with Gasteiger partial charge < -0.3 is 14.5 Å². The Morgan fingerprint density at radius 2 is 1.43 bits per heavy atom. The van der Waals surface area contributed by atoms with Crippen molar-refractivity contribution in [2.45, 2.75) is 20.8 Å². The maximum Gasteiger partial charge on any atom is 0.137 e. The number of ether oxygens (including phenoxy) is 1. The molecule has 3 heterocycles. The first-order valence-corrected chi connectivity index (χ1v) is 15.7. The third-order valence-electron chi connectivity index (χ3n) is 8.41. The van der Waals surface area contributed by atoms with E-state index >= 15 is 0 Å².